The zero-order valence-corrected chi connectivity index (χ0v) is 13.7. The van der Waals surface area contributed by atoms with E-state index < -0.39 is 0 Å². The third-order valence-electron chi connectivity index (χ3n) is 4.02. The molecule has 2 heterocycles. The first-order chi connectivity index (χ1) is 11.7. The van der Waals surface area contributed by atoms with Crippen molar-refractivity contribution in [2.24, 2.45) is 0 Å². The van der Waals surface area contributed by atoms with E-state index in [2.05, 4.69) is 16.4 Å². The number of imidazole rings is 1. The lowest BCUT2D eigenvalue weighted by Crippen LogP contribution is -2.02. The standard InChI is InChI=1S/C19H13ClN4/c1-12-10-18(22-15-7-3-2-6-14(15)20)24-17-9-5-4-8-16(17)23-19(24)13(12)11-21/h2-10,22H,1H3. The van der Waals surface area contributed by atoms with Crippen LogP contribution in [0.3, 0.4) is 0 Å². The van der Waals surface area contributed by atoms with Crippen molar-refractivity contribution in [3.63, 3.8) is 0 Å². The quantitative estimate of drug-likeness (QED) is 0.558. The molecule has 0 bridgehead atoms. The van der Waals surface area contributed by atoms with Gasteiger partial charge in [0.15, 0.2) is 5.65 Å². The molecule has 0 aliphatic carbocycles. The Bertz CT molecular complexity index is 1120. The second-order valence-electron chi connectivity index (χ2n) is 5.56. The Kier molecular flexibility index (Phi) is 3.37. The zero-order chi connectivity index (χ0) is 16.7. The Morgan fingerprint density at radius 3 is 2.67 bits per heavy atom. The van der Waals surface area contributed by atoms with Gasteiger partial charge < -0.3 is 5.32 Å². The van der Waals surface area contributed by atoms with Crippen LogP contribution in [0.25, 0.3) is 16.7 Å². The number of fused-ring (bicyclic) bond motifs is 3. The summed E-state index contributed by atoms with van der Waals surface area (Å²) in [6, 6.07) is 19.6. The molecule has 1 N–H and O–H groups in total. The Hall–Kier alpha value is -3.03. The van der Waals surface area contributed by atoms with Gasteiger partial charge in [-0.3, -0.25) is 4.40 Å². The molecule has 0 saturated carbocycles. The number of halogens is 1. The number of nitriles is 1. The summed E-state index contributed by atoms with van der Waals surface area (Å²) in [5.41, 5.74) is 4.70. The number of aryl methyl sites for hydroxylation is 1. The highest BCUT2D eigenvalue weighted by Crippen LogP contribution is 2.30. The summed E-state index contributed by atoms with van der Waals surface area (Å²) in [6.07, 6.45) is 0. The van der Waals surface area contributed by atoms with Crippen molar-refractivity contribution >= 4 is 39.8 Å². The molecule has 0 aliphatic rings. The predicted octanol–water partition coefficient (Wildman–Crippen LogP) is 5.06. The summed E-state index contributed by atoms with van der Waals surface area (Å²) in [6.45, 7) is 1.91. The van der Waals surface area contributed by atoms with Crippen LogP contribution in [-0.4, -0.2) is 9.38 Å². The molecular weight excluding hydrogens is 320 g/mol. The minimum absolute atomic E-state index is 0.580. The molecule has 4 aromatic rings. The number of aromatic nitrogens is 2. The first-order valence-corrected chi connectivity index (χ1v) is 7.89. The van der Waals surface area contributed by atoms with Gasteiger partial charge in [-0.1, -0.05) is 35.9 Å². The molecule has 0 spiro atoms. The average molecular weight is 333 g/mol. The molecule has 0 fully saturated rings. The number of benzene rings is 2. The molecule has 2 aromatic heterocycles. The summed E-state index contributed by atoms with van der Waals surface area (Å²) in [4.78, 5) is 4.64. The summed E-state index contributed by atoms with van der Waals surface area (Å²) < 4.78 is 1.96. The molecule has 5 heteroatoms. The van der Waals surface area contributed by atoms with E-state index in [0.29, 0.717) is 16.2 Å². The molecule has 0 amide bonds. The van der Waals surface area contributed by atoms with Gasteiger partial charge in [0.05, 0.1) is 27.3 Å². The highest BCUT2D eigenvalue weighted by molar-refractivity contribution is 6.33. The van der Waals surface area contributed by atoms with Gasteiger partial charge in [0.1, 0.15) is 11.9 Å². The Labute approximate surface area is 143 Å². The summed E-state index contributed by atoms with van der Waals surface area (Å²) in [5, 5.41) is 13.5. The number of pyridine rings is 1. The molecule has 2 aromatic carbocycles. The molecule has 4 rings (SSSR count). The lowest BCUT2D eigenvalue weighted by molar-refractivity contribution is 1.19. The molecule has 0 radical (unpaired) electrons. The molecule has 0 atom stereocenters. The molecule has 0 unspecified atom stereocenters. The van der Waals surface area contributed by atoms with Crippen LogP contribution in [0.5, 0.6) is 0 Å². The van der Waals surface area contributed by atoms with Crippen molar-refractivity contribution in [3.05, 3.63) is 70.7 Å². The molecule has 0 saturated heterocycles. The van der Waals surface area contributed by atoms with E-state index in [4.69, 9.17) is 11.6 Å². The minimum atomic E-state index is 0.580. The molecule has 24 heavy (non-hydrogen) atoms. The topological polar surface area (TPSA) is 53.1 Å². The van der Waals surface area contributed by atoms with Crippen molar-refractivity contribution in [3.8, 4) is 6.07 Å². The third-order valence-corrected chi connectivity index (χ3v) is 4.35. The van der Waals surface area contributed by atoms with Crippen molar-refractivity contribution in [2.45, 2.75) is 6.92 Å². The Morgan fingerprint density at radius 2 is 1.88 bits per heavy atom. The molecule has 4 nitrogen and oxygen atoms in total. The maximum Gasteiger partial charge on any atom is 0.157 e. The summed E-state index contributed by atoms with van der Waals surface area (Å²) >= 11 is 6.28. The van der Waals surface area contributed by atoms with Gasteiger partial charge in [-0.25, -0.2) is 4.98 Å². The number of anilines is 2. The summed E-state index contributed by atoms with van der Waals surface area (Å²) in [7, 11) is 0. The van der Waals surface area contributed by atoms with Crippen molar-refractivity contribution in [1.29, 1.82) is 5.26 Å². The molecule has 0 aliphatic heterocycles. The fraction of sp³-hybridized carbons (Fsp3) is 0.0526. The van der Waals surface area contributed by atoms with E-state index in [1.54, 1.807) is 0 Å². The van der Waals surface area contributed by atoms with E-state index in [9.17, 15) is 5.26 Å². The third kappa shape index (κ3) is 2.18. The monoisotopic (exact) mass is 332 g/mol. The van der Waals surface area contributed by atoms with E-state index in [0.717, 1.165) is 28.1 Å². The maximum atomic E-state index is 9.52. The summed E-state index contributed by atoms with van der Waals surface area (Å²) in [5.74, 6) is 0.823. The SMILES string of the molecule is Cc1cc(Nc2ccccc2Cl)n2c(nc3ccccc32)c1C#N. The number of nitrogens with one attached hydrogen (secondary N) is 1. The number of hydrogen-bond acceptors (Lipinski definition) is 3. The predicted molar refractivity (Wildman–Crippen MR) is 96.9 cm³/mol. The Balaban J connectivity index is 2.05. The second kappa shape index (κ2) is 5.55. The van der Waals surface area contributed by atoms with E-state index in [-0.39, 0.29) is 0 Å². The number of nitrogens with zero attached hydrogens (tertiary/aromatic N) is 3. The van der Waals surface area contributed by atoms with E-state index >= 15 is 0 Å². The van der Waals surface area contributed by atoms with Gasteiger partial charge in [-0.2, -0.15) is 5.26 Å². The molecular formula is C19H13ClN4. The molecule has 116 valence electrons. The van der Waals surface area contributed by atoms with Crippen LogP contribution in [0, 0.1) is 18.3 Å². The fourth-order valence-corrected chi connectivity index (χ4v) is 3.07. The van der Waals surface area contributed by atoms with E-state index in [1.165, 1.54) is 0 Å². The first-order valence-electron chi connectivity index (χ1n) is 7.51. The highest BCUT2D eigenvalue weighted by atomic mass is 35.5. The van der Waals surface area contributed by atoms with E-state index in [1.807, 2.05) is 65.9 Å². The van der Waals surface area contributed by atoms with Crippen LogP contribution in [0.2, 0.25) is 5.02 Å². The van der Waals surface area contributed by atoms with Crippen LogP contribution < -0.4 is 5.32 Å². The lowest BCUT2D eigenvalue weighted by atomic mass is 10.1. The normalized spacial score (nSPS) is 10.9. The van der Waals surface area contributed by atoms with Gasteiger partial charge >= 0.3 is 0 Å². The Morgan fingerprint density at radius 1 is 1.12 bits per heavy atom. The van der Waals surface area contributed by atoms with Gasteiger partial charge in [0.25, 0.3) is 0 Å². The zero-order valence-electron chi connectivity index (χ0n) is 12.9. The second-order valence-corrected chi connectivity index (χ2v) is 5.97. The largest absolute Gasteiger partial charge is 0.340 e. The lowest BCUT2D eigenvalue weighted by Gasteiger charge is -2.13. The number of rotatable bonds is 2. The van der Waals surface area contributed by atoms with Crippen LogP contribution in [-0.2, 0) is 0 Å². The van der Waals surface area contributed by atoms with Crippen LogP contribution in [0.1, 0.15) is 11.1 Å². The van der Waals surface area contributed by atoms with Gasteiger partial charge in [0, 0.05) is 0 Å². The highest BCUT2D eigenvalue weighted by Gasteiger charge is 2.15. The van der Waals surface area contributed by atoms with Crippen molar-refractivity contribution in [2.75, 3.05) is 5.32 Å². The van der Waals surface area contributed by atoms with Crippen LogP contribution >= 0.6 is 11.6 Å². The number of hydrogen-bond donors (Lipinski definition) is 1. The van der Waals surface area contributed by atoms with Crippen LogP contribution in [0.15, 0.2) is 54.6 Å². The fourth-order valence-electron chi connectivity index (χ4n) is 2.89. The van der Waals surface area contributed by atoms with Crippen molar-refractivity contribution < 1.29 is 0 Å². The van der Waals surface area contributed by atoms with Crippen molar-refractivity contribution in [1.82, 2.24) is 9.38 Å². The maximum absolute atomic E-state index is 9.52. The smallest absolute Gasteiger partial charge is 0.157 e. The van der Waals surface area contributed by atoms with Gasteiger partial charge in [-0.05, 0) is 42.8 Å². The van der Waals surface area contributed by atoms with Gasteiger partial charge in [0.2, 0.25) is 0 Å². The average Bonchev–Trinajstić information content (AvgIpc) is 2.96. The number of para-hydroxylation sites is 3. The van der Waals surface area contributed by atoms with Crippen LogP contribution in [0.4, 0.5) is 11.5 Å². The minimum Gasteiger partial charge on any atom is -0.340 e. The first kappa shape index (κ1) is 14.6. The van der Waals surface area contributed by atoms with Gasteiger partial charge in [-0.15, -0.1) is 0 Å².